The number of hydrogen-bond donors (Lipinski definition) is 3. The van der Waals surface area contributed by atoms with Gasteiger partial charge in [-0.25, -0.2) is 9.59 Å². The van der Waals surface area contributed by atoms with Gasteiger partial charge < -0.3 is 34.3 Å². The van der Waals surface area contributed by atoms with Gasteiger partial charge in [0.2, 0.25) is 0 Å². The standard InChI is InChI=1S/C38H46O12S/c1-14-7-9-18(39)22-31-36(48-32(22)45)12-16(3)34(5,47-31)29(43)24(36)21(11-20(14)41)51-28-25-27(42)15(2)8-10-19(40)23-33(46)49-37-13-17(4)35(6,30(44)26(28)37)50-38(23,25)37/h14-17,21,24-26,28-30,40,43-44H,7-13H2,1-6H3. The number of aliphatic hydroxyl groups is 3. The quantitative estimate of drug-likeness (QED) is 0.279. The smallest absolute Gasteiger partial charge is 0.346 e. The number of rotatable bonds is 2. The summed E-state index contributed by atoms with van der Waals surface area (Å²) in [6.07, 6.45) is -1.43. The van der Waals surface area contributed by atoms with Gasteiger partial charge in [0, 0.05) is 65.8 Å². The molecule has 0 aromatic carbocycles. The van der Waals surface area contributed by atoms with Gasteiger partial charge >= 0.3 is 11.9 Å². The average molecular weight is 727 g/mol. The van der Waals surface area contributed by atoms with Crippen molar-refractivity contribution in [3.8, 4) is 0 Å². The molecule has 16 atom stereocenters. The van der Waals surface area contributed by atoms with E-state index < -0.39 is 98.0 Å². The average Bonchev–Trinajstić information content (AvgIpc) is 3.53. The first kappa shape index (κ1) is 34.1. The first-order chi connectivity index (χ1) is 23.9. The number of fused-ring (bicyclic) bond motifs is 2. The van der Waals surface area contributed by atoms with E-state index in [1.165, 1.54) is 11.8 Å². The first-order valence-electron chi connectivity index (χ1n) is 18.5. The molecule has 5 aliphatic carbocycles. The van der Waals surface area contributed by atoms with Crippen LogP contribution in [0.15, 0.2) is 22.7 Å². The molecule has 0 radical (unpaired) electrons. The third-order valence-corrected chi connectivity index (χ3v) is 16.9. The molecule has 0 aromatic heterocycles. The number of aliphatic hydroxyl groups excluding tert-OH is 3. The van der Waals surface area contributed by atoms with E-state index in [-0.39, 0.29) is 84.6 Å². The minimum Gasteiger partial charge on any atom is -0.512 e. The predicted octanol–water partition coefficient (Wildman–Crippen LogP) is 3.05. The Bertz CT molecular complexity index is 1790. The molecule has 0 amide bonds. The summed E-state index contributed by atoms with van der Waals surface area (Å²) in [4.78, 5) is 70.1. The van der Waals surface area contributed by atoms with Gasteiger partial charge in [0.25, 0.3) is 0 Å². The zero-order chi connectivity index (χ0) is 36.5. The maximum atomic E-state index is 14.9. The lowest BCUT2D eigenvalue weighted by Gasteiger charge is -2.63. The molecular formula is C38H46O12S. The van der Waals surface area contributed by atoms with Crippen molar-refractivity contribution in [2.45, 2.75) is 137 Å². The Morgan fingerprint density at radius 1 is 0.784 bits per heavy atom. The van der Waals surface area contributed by atoms with Crippen LogP contribution in [0.1, 0.15) is 86.5 Å². The van der Waals surface area contributed by atoms with E-state index in [1.54, 1.807) is 27.7 Å². The van der Waals surface area contributed by atoms with Crippen LogP contribution in [0.25, 0.3) is 0 Å². The molecule has 12 nitrogen and oxygen atoms in total. The van der Waals surface area contributed by atoms with Crippen molar-refractivity contribution in [1.29, 1.82) is 0 Å². The number of carbonyl (C=O) groups excluding carboxylic acids is 5. The summed E-state index contributed by atoms with van der Waals surface area (Å²) in [5.41, 5.74) is -7.33. The maximum absolute atomic E-state index is 14.9. The fourth-order valence-corrected chi connectivity index (χ4v) is 14.3. The molecule has 13 heteroatoms. The maximum Gasteiger partial charge on any atom is 0.346 e. The molecule has 8 fully saturated rings. The van der Waals surface area contributed by atoms with Crippen LogP contribution in [-0.4, -0.2) is 95.3 Å². The van der Waals surface area contributed by atoms with E-state index in [2.05, 4.69) is 0 Å². The zero-order valence-corrected chi connectivity index (χ0v) is 30.5. The van der Waals surface area contributed by atoms with Crippen LogP contribution in [0.3, 0.4) is 0 Å². The monoisotopic (exact) mass is 726 g/mol. The predicted molar refractivity (Wildman–Crippen MR) is 178 cm³/mol. The molecule has 3 saturated carbocycles. The van der Waals surface area contributed by atoms with Gasteiger partial charge in [0.1, 0.15) is 40.2 Å². The second-order valence-corrected chi connectivity index (χ2v) is 19.0. The highest BCUT2D eigenvalue weighted by Crippen LogP contribution is 2.75. The number of ketones is 3. The summed E-state index contributed by atoms with van der Waals surface area (Å²) < 4.78 is 26.0. The van der Waals surface area contributed by atoms with Crippen LogP contribution in [0, 0.1) is 41.4 Å². The van der Waals surface area contributed by atoms with Crippen molar-refractivity contribution in [1.82, 2.24) is 0 Å². The van der Waals surface area contributed by atoms with E-state index in [4.69, 9.17) is 18.9 Å². The number of esters is 2. The number of carbonyl (C=O) groups is 5. The number of hydrogen-bond acceptors (Lipinski definition) is 13. The molecule has 11 rings (SSSR count). The summed E-state index contributed by atoms with van der Waals surface area (Å²) in [6.45, 7) is 10.9. The van der Waals surface area contributed by atoms with Crippen LogP contribution < -0.4 is 0 Å². The van der Waals surface area contributed by atoms with Crippen molar-refractivity contribution < 1.29 is 58.2 Å². The topological polar surface area (TPSA) is 183 Å². The third-order valence-electron chi connectivity index (χ3n) is 15.2. The minimum atomic E-state index is -1.68. The fourth-order valence-electron chi connectivity index (χ4n) is 12.0. The Hall–Kier alpha value is -2.74. The number of thioether (sulfide) groups is 1. The highest BCUT2D eigenvalue weighted by molar-refractivity contribution is 8.00. The Balaban J connectivity index is 1.26. The van der Waals surface area contributed by atoms with Gasteiger partial charge in [-0.1, -0.05) is 27.7 Å². The van der Waals surface area contributed by atoms with Gasteiger partial charge in [0.05, 0.1) is 17.6 Å². The van der Waals surface area contributed by atoms with E-state index in [9.17, 15) is 39.3 Å². The SMILES string of the molecule is CC1CCC(=O)C2=C3OC4(C)C(C)CC3(OC2=O)C(C(SC2C3C(O)C5(C)OC67C(=C(O)CCC(C)C(=O)C26)C(=O)OC37CC5C)CC1=O)C4O. The Morgan fingerprint density at radius 2 is 1.45 bits per heavy atom. The van der Waals surface area contributed by atoms with Crippen molar-refractivity contribution >= 4 is 41.1 Å². The lowest BCUT2D eigenvalue weighted by atomic mass is 9.56. The Labute approximate surface area is 300 Å². The molecule has 51 heavy (non-hydrogen) atoms. The molecule has 276 valence electrons. The summed E-state index contributed by atoms with van der Waals surface area (Å²) in [7, 11) is 0. The summed E-state index contributed by atoms with van der Waals surface area (Å²) in [5.74, 6) is -6.87. The van der Waals surface area contributed by atoms with E-state index in [0.29, 0.717) is 6.42 Å². The largest absolute Gasteiger partial charge is 0.512 e. The van der Waals surface area contributed by atoms with Crippen molar-refractivity contribution in [3.63, 3.8) is 0 Å². The lowest BCUT2D eigenvalue weighted by Crippen LogP contribution is -2.76. The molecule has 5 saturated heterocycles. The van der Waals surface area contributed by atoms with Crippen LogP contribution in [0.5, 0.6) is 0 Å². The molecule has 11 aliphatic rings. The third kappa shape index (κ3) is 3.72. The highest BCUT2D eigenvalue weighted by atomic mass is 32.2. The molecule has 16 unspecified atom stereocenters. The molecule has 3 N–H and O–H groups in total. The Kier molecular flexibility index (Phi) is 6.85. The fraction of sp³-hybridized carbons (Fsp3) is 0.763. The molecule has 6 aliphatic heterocycles. The van der Waals surface area contributed by atoms with Gasteiger partial charge in [0.15, 0.2) is 28.3 Å². The normalized spacial score (nSPS) is 54.1. The highest BCUT2D eigenvalue weighted by Gasteiger charge is 2.89. The number of ether oxygens (including phenoxy) is 4. The minimum absolute atomic E-state index is 0.0496. The van der Waals surface area contributed by atoms with Crippen molar-refractivity contribution in [2.75, 3.05) is 0 Å². The summed E-state index contributed by atoms with van der Waals surface area (Å²) in [5, 5.41) is 34.6. The number of Topliss-reactive ketones (excluding diaryl/α,β-unsaturated/α-hetero) is 3. The van der Waals surface area contributed by atoms with Crippen molar-refractivity contribution in [3.05, 3.63) is 22.7 Å². The van der Waals surface area contributed by atoms with Crippen LogP contribution >= 0.6 is 11.8 Å². The van der Waals surface area contributed by atoms with E-state index in [1.807, 2.05) is 13.8 Å². The molecular weight excluding hydrogens is 680 g/mol. The van der Waals surface area contributed by atoms with Crippen LogP contribution in [-0.2, 0) is 42.9 Å². The van der Waals surface area contributed by atoms with Gasteiger partial charge in [-0.2, -0.15) is 11.8 Å². The lowest BCUT2D eigenvalue weighted by molar-refractivity contribution is -0.340. The second-order valence-electron chi connectivity index (χ2n) is 17.5. The van der Waals surface area contributed by atoms with Gasteiger partial charge in [-0.05, 0) is 39.0 Å². The second kappa shape index (κ2) is 10.3. The molecule has 9 bridgehead atoms. The van der Waals surface area contributed by atoms with Crippen LogP contribution in [0.2, 0.25) is 0 Å². The summed E-state index contributed by atoms with van der Waals surface area (Å²) >= 11 is 1.29. The van der Waals surface area contributed by atoms with Crippen LogP contribution in [0.4, 0.5) is 0 Å². The molecule has 0 aromatic rings. The van der Waals surface area contributed by atoms with Gasteiger partial charge in [-0.3, -0.25) is 14.4 Å². The first-order valence-corrected chi connectivity index (χ1v) is 19.5. The molecule has 6 heterocycles. The Morgan fingerprint density at radius 3 is 2.18 bits per heavy atom. The van der Waals surface area contributed by atoms with Gasteiger partial charge in [-0.15, -0.1) is 0 Å². The van der Waals surface area contributed by atoms with E-state index in [0.717, 1.165) is 0 Å². The molecule has 3 spiro atoms. The van der Waals surface area contributed by atoms with Crippen molar-refractivity contribution in [2.24, 2.45) is 41.4 Å². The zero-order valence-electron chi connectivity index (χ0n) is 29.7. The summed E-state index contributed by atoms with van der Waals surface area (Å²) in [6, 6.07) is 0. The number of allylic oxidation sites excluding steroid dienone is 1. The van der Waals surface area contributed by atoms with E-state index >= 15 is 0 Å².